The van der Waals surface area contributed by atoms with Crippen LogP contribution in [0.2, 0.25) is 0 Å². The van der Waals surface area contributed by atoms with Crippen LogP contribution in [0.1, 0.15) is 40.7 Å². The summed E-state index contributed by atoms with van der Waals surface area (Å²) in [7, 11) is 0. The number of carbonyl (C=O) groups is 2. The van der Waals surface area contributed by atoms with E-state index in [1.54, 1.807) is 23.1 Å². The minimum atomic E-state index is -4.44. The van der Waals surface area contributed by atoms with Crippen LogP contribution in [-0.4, -0.2) is 18.4 Å². The van der Waals surface area contributed by atoms with Crippen molar-refractivity contribution >= 4 is 23.2 Å². The van der Waals surface area contributed by atoms with Gasteiger partial charge in [0, 0.05) is 29.9 Å². The van der Waals surface area contributed by atoms with Crippen LogP contribution >= 0.6 is 0 Å². The molecular formula is C20H19F3N2O2. The number of nitrogens with one attached hydrogen (secondary N) is 1. The van der Waals surface area contributed by atoms with Gasteiger partial charge < -0.3 is 10.2 Å². The number of alkyl halides is 3. The van der Waals surface area contributed by atoms with E-state index in [9.17, 15) is 22.8 Å². The van der Waals surface area contributed by atoms with E-state index in [-0.39, 0.29) is 11.5 Å². The van der Waals surface area contributed by atoms with Gasteiger partial charge in [-0.15, -0.1) is 0 Å². The fourth-order valence-corrected chi connectivity index (χ4v) is 3.11. The Morgan fingerprint density at radius 1 is 1.07 bits per heavy atom. The number of amides is 2. The van der Waals surface area contributed by atoms with E-state index in [4.69, 9.17) is 0 Å². The number of aryl methyl sites for hydroxylation is 1. The lowest BCUT2D eigenvalue weighted by atomic mass is 10.1. The first-order valence-corrected chi connectivity index (χ1v) is 8.65. The summed E-state index contributed by atoms with van der Waals surface area (Å²) >= 11 is 0. The van der Waals surface area contributed by atoms with E-state index in [2.05, 4.69) is 5.32 Å². The van der Waals surface area contributed by atoms with Crippen LogP contribution in [0.5, 0.6) is 0 Å². The van der Waals surface area contributed by atoms with Gasteiger partial charge in [-0.3, -0.25) is 9.59 Å². The van der Waals surface area contributed by atoms with Gasteiger partial charge in [0.2, 0.25) is 5.91 Å². The van der Waals surface area contributed by atoms with E-state index in [1.807, 2.05) is 6.92 Å². The smallest absolute Gasteiger partial charge is 0.322 e. The molecule has 2 aromatic carbocycles. The van der Waals surface area contributed by atoms with Crippen LogP contribution in [0.15, 0.2) is 42.5 Å². The average Bonchev–Trinajstić information content (AvgIpc) is 2.62. The Morgan fingerprint density at radius 2 is 1.78 bits per heavy atom. The topological polar surface area (TPSA) is 49.4 Å². The molecule has 0 saturated carbocycles. The molecule has 1 saturated heterocycles. The summed E-state index contributed by atoms with van der Waals surface area (Å²) in [4.78, 5) is 26.1. The molecule has 4 nitrogen and oxygen atoms in total. The van der Waals surface area contributed by atoms with Crippen molar-refractivity contribution in [2.75, 3.05) is 16.8 Å². The van der Waals surface area contributed by atoms with Crippen molar-refractivity contribution in [2.45, 2.75) is 32.4 Å². The van der Waals surface area contributed by atoms with Crippen molar-refractivity contribution in [3.63, 3.8) is 0 Å². The molecule has 0 atom stereocenters. The van der Waals surface area contributed by atoms with Crippen molar-refractivity contribution in [3.05, 3.63) is 59.2 Å². The van der Waals surface area contributed by atoms with E-state index >= 15 is 0 Å². The SMILES string of the molecule is Cc1cc(NC(=O)c2ccc(C(F)(F)F)cc2)ccc1N1CCCCC1=O. The van der Waals surface area contributed by atoms with Gasteiger partial charge in [0.1, 0.15) is 0 Å². The van der Waals surface area contributed by atoms with Crippen LogP contribution < -0.4 is 10.2 Å². The number of nitrogens with zero attached hydrogens (tertiary/aromatic N) is 1. The second-order valence-corrected chi connectivity index (χ2v) is 6.53. The summed E-state index contributed by atoms with van der Waals surface area (Å²) in [5.74, 6) is -0.407. The zero-order chi connectivity index (χ0) is 19.6. The summed E-state index contributed by atoms with van der Waals surface area (Å²) in [5.41, 5.74) is 1.51. The Labute approximate surface area is 155 Å². The van der Waals surface area contributed by atoms with Crippen LogP contribution in [0, 0.1) is 6.92 Å². The van der Waals surface area contributed by atoms with Crippen molar-refractivity contribution < 1.29 is 22.8 Å². The molecule has 0 radical (unpaired) electrons. The van der Waals surface area contributed by atoms with Gasteiger partial charge in [0.15, 0.2) is 0 Å². The number of anilines is 2. The number of hydrogen-bond acceptors (Lipinski definition) is 2. The molecule has 0 aromatic heterocycles. The quantitative estimate of drug-likeness (QED) is 0.838. The lowest BCUT2D eigenvalue weighted by molar-refractivity contribution is -0.137. The fourth-order valence-electron chi connectivity index (χ4n) is 3.11. The number of rotatable bonds is 3. The predicted molar refractivity (Wildman–Crippen MR) is 96.8 cm³/mol. The Hall–Kier alpha value is -2.83. The maximum atomic E-state index is 12.6. The van der Waals surface area contributed by atoms with Gasteiger partial charge in [0.25, 0.3) is 5.91 Å². The lowest BCUT2D eigenvalue weighted by Gasteiger charge is -2.28. The molecule has 3 rings (SSSR count). The van der Waals surface area contributed by atoms with Gasteiger partial charge in [-0.2, -0.15) is 13.2 Å². The molecule has 1 heterocycles. The van der Waals surface area contributed by atoms with Crippen LogP contribution in [0.4, 0.5) is 24.5 Å². The highest BCUT2D eigenvalue weighted by Gasteiger charge is 2.30. The number of carbonyl (C=O) groups excluding carboxylic acids is 2. The third-order valence-electron chi connectivity index (χ3n) is 4.54. The van der Waals surface area contributed by atoms with Crippen LogP contribution in [0.3, 0.4) is 0 Å². The zero-order valence-corrected chi connectivity index (χ0v) is 14.8. The molecule has 0 aliphatic carbocycles. The number of halogens is 3. The molecule has 1 fully saturated rings. The van der Waals surface area contributed by atoms with Gasteiger partial charge in [-0.25, -0.2) is 0 Å². The molecule has 2 amide bonds. The molecule has 7 heteroatoms. The summed E-state index contributed by atoms with van der Waals surface area (Å²) < 4.78 is 37.8. The first-order chi connectivity index (χ1) is 12.8. The highest BCUT2D eigenvalue weighted by Crippen LogP contribution is 2.30. The molecule has 0 unspecified atom stereocenters. The number of piperidine rings is 1. The van der Waals surface area contributed by atoms with E-state index in [1.165, 1.54) is 0 Å². The molecule has 27 heavy (non-hydrogen) atoms. The molecule has 0 bridgehead atoms. The molecule has 1 aliphatic heterocycles. The summed E-state index contributed by atoms with van der Waals surface area (Å²) in [6, 6.07) is 9.26. The molecule has 0 spiro atoms. The first-order valence-electron chi connectivity index (χ1n) is 8.65. The molecular weight excluding hydrogens is 357 g/mol. The van der Waals surface area contributed by atoms with Crippen LogP contribution in [0.25, 0.3) is 0 Å². The van der Waals surface area contributed by atoms with Crippen molar-refractivity contribution in [3.8, 4) is 0 Å². The molecule has 1 N–H and O–H groups in total. The third-order valence-corrected chi connectivity index (χ3v) is 4.54. The summed E-state index contributed by atoms with van der Waals surface area (Å²) in [6.45, 7) is 2.53. The normalized spacial score (nSPS) is 15.0. The standard InChI is InChI=1S/C20H19F3N2O2/c1-13-12-16(9-10-17(13)25-11-3-2-4-18(25)26)24-19(27)14-5-7-15(8-6-14)20(21,22)23/h5-10,12H,2-4,11H2,1H3,(H,24,27). The fraction of sp³-hybridized carbons (Fsp3) is 0.300. The Balaban J connectivity index is 1.73. The first kappa shape index (κ1) is 18.9. The van der Waals surface area contributed by atoms with Crippen LogP contribution in [-0.2, 0) is 11.0 Å². The minimum absolute atomic E-state index is 0.0888. The monoisotopic (exact) mass is 376 g/mol. The van der Waals surface area contributed by atoms with Gasteiger partial charge in [0.05, 0.1) is 5.56 Å². The van der Waals surface area contributed by atoms with Gasteiger partial charge in [-0.1, -0.05) is 0 Å². The highest BCUT2D eigenvalue weighted by atomic mass is 19.4. The largest absolute Gasteiger partial charge is 0.416 e. The van der Waals surface area contributed by atoms with Crippen molar-refractivity contribution in [1.82, 2.24) is 0 Å². The van der Waals surface area contributed by atoms with Gasteiger partial charge >= 0.3 is 6.18 Å². The third kappa shape index (κ3) is 4.30. The maximum absolute atomic E-state index is 12.6. The van der Waals surface area contributed by atoms with E-state index in [0.717, 1.165) is 48.4 Å². The second kappa shape index (κ2) is 7.42. The average molecular weight is 376 g/mol. The second-order valence-electron chi connectivity index (χ2n) is 6.53. The van der Waals surface area contributed by atoms with Crippen molar-refractivity contribution in [2.24, 2.45) is 0 Å². The van der Waals surface area contributed by atoms with Crippen molar-refractivity contribution in [1.29, 1.82) is 0 Å². The number of benzene rings is 2. The Morgan fingerprint density at radius 3 is 2.37 bits per heavy atom. The van der Waals surface area contributed by atoms with Gasteiger partial charge in [-0.05, 0) is 67.8 Å². The maximum Gasteiger partial charge on any atom is 0.416 e. The molecule has 1 aliphatic rings. The Kier molecular flexibility index (Phi) is 5.21. The minimum Gasteiger partial charge on any atom is -0.322 e. The Bertz CT molecular complexity index is 861. The predicted octanol–water partition coefficient (Wildman–Crippen LogP) is 4.78. The lowest BCUT2D eigenvalue weighted by Crippen LogP contribution is -2.35. The molecule has 2 aromatic rings. The highest BCUT2D eigenvalue weighted by molar-refractivity contribution is 6.04. The van der Waals surface area contributed by atoms with E-state index < -0.39 is 17.6 Å². The molecule has 142 valence electrons. The summed E-state index contributed by atoms with van der Waals surface area (Å²) in [5, 5.41) is 2.67. The number of hydrogen-bond donors (Lipinski definition) is 1. The zero-order valence-electron chi connectivity index (χ0n) is 14.8. The van der Waals surface area contributed by atoms with E-state index in [0.29, 0.717) is 18.7 Å². The summed E-state index contributed by atoms with van der Waals surface area (Å²) in [6.07, 6.45) is -2.05.